The zero-order valence-electron chi connectivity index (χ0n) is 19.5. The molecular formula is C28H30FN3O2. The molecule has 0 bridgehead atoms. The van der Waals surface area contributed by atoms with E-state index in [0.717, 1.165) is 66.4 Å². The number of aromatic nitrogens is 1. The molecule has 1 unspecified atom stereocenters. The molecule has 3 fully saturated rings. The lowest BCUT2D eigenvalue weighted by molar-refractivity contribution is -0.173. The standard InChI is InChI=1S/C28H30FN3O2/c1-19(31-13-10-28(11-14-31)18-32(23-7-8-23)27(33)17-34-28)24-9-6-21(15-25(24)29)22-5-4-20-3-2-12-30-26(20)16-22/h2-6,9,12,15-16,19,23H,7-8,10-11,13-14,17-18H2,1H3. The molecule has 0 radical (unpaired) electrons. The number of benzene rings is 2. The van der Waals surface area contributed by atoms with Crippen LogP contribution in [0.1, 0.15) is 44.2 Å². The Labute approximate surface area is 199 Å². The molecule has 1 aromatic heterocycles. The predicted octanol–water partition coefficient (Wildman–Crippen LogP) is 4.96. The van der Waals surface area contributed by atoms with Crippen molar-refractivity contribution in [3.63, 3.8) is 0 Å². The average Bonchev–Trinajstić information content (AvgIpc) is 3.71. The van der Waals surface area contributed by atoms with Crippen LogP contribution in [0.15, 0.2) is 54.7 Å². The predicted molar refractivity (Wildman–Crippen MR) is 130 cm³/mol. The molecule has 3 aliphatic rings. The number of ether oxygens (including phenoxy) is 1. The highest BCUT2D eigenvalue weighted by atomic mass is 19.1. The number of carbonyl (C=O) groups excluding carboxylic acids is 1. The van der Waals surface area contributed by atoms with Crippen molar-refractivity contribution in [1.82, 2.24) is 14.8 Å². The summed E-state index contributed by atoms with van der Waals surface area (Å²) in [6.07, 6.45) is 5.76. The van der Waals surface area contributed by atoms with Crippen molar-refractivity contribution in [3.05, 3.63) is 66.1 Å². The molecule has 34 heavy (non-hydrogen) atoms. The number of rotatable bonds is 4. The summed E-state index contributed by atoms with van der Waals surface area (Å²) in [6, 6.07) is 16.0. The average molecular weight is 460 g/mol. The molecule has 176 valence electrons. The number of fused-ring (bicyclic) bond motifs is 1. The lowest BCUT2D eigenvalue weighted by Gasteiger charge is -2.48. The van der Waals surface area contributed by atoms with Gasteiger partial charge in [-0.2, -0.15) is 0 Å². The van der Waals surface area contributed by atoms with Gasteiger partial charge in [-0.15, -0.1) is 0 Å². The van der Waals surface area contributed by atoms with Gasteiger partial charge in [0.1, 0.15) is 12.4 Å². The summed E-state index contributed by atoms with van der Waals surface area (Å²) in [5, 5.41) is 1.08. The molecule has 2 saturated heterocycles. The summed E-state index contributed by atoms with van der Waals surface area (Å²) in [5.74, 6) is -0.0425. The minimum absolute atomic E-state index is 0.0190. The number of likely N-dealkylation sites (tertiary alicyclic amines) is 1. The van der Waals surface area contributed by atoms with Crippen LogP contribution in [0.4, 0.5) is 4.39 Å². The normalized spacial score (nSPS) is 21.8. The minimum atomic E-state index is -0.237. The zero-order valence-corrected chi connectivity index (χ0v) is 19.5. The van der Waals surface area contributed by atoms with Gasteiger partial charge in [0.2, 0.25) is 5.91 Å². The van der Waals surface area contributed by atoms with E-state index in [2.05, 4.69) is 16.8 Å². The van der Waals surface area contributed by atoms with Crippen LogP contribution in [0, 0.1) is 5.82 Å². The molecule has 2 aliphatic heterocycles. The third-order valence-electron chi connectivity index (χ3n) is 7.92. The van der Waals surface area contributed by atoms with Gasteiger partial charge in [0.15, 0.2) is 0 Å². The molecule has 0 N–H and O–H groups in total. The Morgan fingerprint density at radius 3 is 2.62 bits per heavy atom. The van der Waals surface area contributed by atoms with E-state index >= 15 is 4.39 Å². The van der Waals surface area contributed by atoms with Crippen molar-refractivity contribution in [2.45, 2.75) is 50.3 Å². The van der Waals surface area contributed by atoms with Gasteiger partial charge in [0.05, 0.1) is 17.7 Å². The third kappa shape index (κ3) is 3.99. The van der Waals surface area contributed by atoms with E-state index in [-0.39, 0.29) is 30.0 Å². The molecule has 1 saturated carbocycles. The second-order valence-corrected chi connectivity index (χ2v) is 10.1. The Morgan fingerprint density at radius 2 is 1.85 bits per heavy atom. The number of morpholine rings is 1. The van der Waals surface area contributed by atoms with Crippen LogP contribution in [0.2, 0.25) is 0 Å². The molecule has 6 heteroatoms. The van der Waals surface area contributed by atoms with Crippen molar-refractivity contribution in [2.24, 2.45) is 0 Å². The largest absolute Gasteiger partial charge is 0.363 e. The van der Waals surface area contributed by atoms with E-state index in [1.54, 1.807) is 12.3 Å². The Morgan fingerprint density at radius 1 is 1.09 bits per heavy atom. The van der Waals surface area contributed by atoms with Gasteiger partial charge in [0.25, 0.3) is 0 Å². The van der Waals surface area contributed by atoms with Crippen LogP contribution in [0.5, 0.6) is 0 Å². The molecule has 5 nitrogen and oxygen atoms in total. The number of piperidine rings is 1. The van der Waals surface area contributed by atoms with Crippen LogP contribution in [0.25, 0.3) is 22.0 Å². The van der Waals surface area contributed by atoms with Crippen LogP contribution in [-0.2, 0) is 9.53 Å². The van der Waals surface area contributed by atoms with Crippen molar-refractivity contribution in [2.75, 3.05) is 26.2 Å². The fourth-order valence-corrected chi connectivity index (χ4v) is 5.57. The topological polar surface area (TPSA) is 45.7 Å². The molecular weight excluding hydrogens is 429 g/mol. The number of halogens is 1. The Balaban J connectivity index is 1.15. The van der Waals surface area contributed by atoms with E-state index in [4.69, 9.17) is 4.74 Å². The van der Waals surface area contributed by atoms with Gasteiger partial charge in [-0.1, -0.05) is 30.3 Å². The second kappa shape index (κ2) is 8.43. The molecule has 6 rings (SSSR count). The molecule has 1 aliphatic carbocycles. The molecule has 2 aromatic carbocycles. The monoisotopic (exact) mass is 459 g/mol. The number of nitrogens with zero attached hydrogens (tertiary/aromatic N) is 3. The fraction of sp³-hybridized carbons (Fsp3) is 0.429. The molecule has 1 atom stereocenters. The van der Waals surface area contributed by atoms with Gasteiger partial charge in [0, 0.05) is 42.3 Å². The van der Waals surface area contributed by atoms with E-state index in [9.17, 15) is 4.79 Å². The maximum atomic E-state index is 15.3. The second-order valence-electron chi connectivity index (χ2n) is 10.1. The number of hydrogen-bond acceptors (Lipinski definition) is 4. The Kier molecular flexibility index (Phi) is 5.38. The van der Waals surface area contributed by atoms with Crippen molar-refractivity contribution in [1.29, 1.82) is 0 Å². The van der Waals surface area contributed by atoms with E-state index in [0.29, 0.717) is 12.6 Å². The Bertz CT molecular complexity index is 1230. The first-order valence-electron chi connectivity index (χ1n) is 12.3. The number of amides is 1. The zero-order chi connectivity index (χ0) is 23.3. The molecule has 3 heterocycles. The van der Waals surface area contributed by atoms with Crippen LogP contribution in [0.3, 0.4) is 0 Å². The Hall–Kier alpha value is -2.83. The van der Waals surface area contributed by atoms with Gasteiger partial charge < -0.3 is 9.64 Å². The molecule has 3 aromatic rings. The van der Waals surface area contributed by atoms with Crippen LogP contribution < -0.4 is 0 Å². The summed E-state index contributed by atoms with van der Waals surface area (Å²) in [4.78, 5) is 21.0. The quantitative estimate of drug-likeness (QED) is 0.553. The van der Waals surface area contributed by atoms with E-state index in [1.165, 1.54) is 0 Å². The first-order valence-corrected chi connectivity index (χ1v) is 12.3. The first kappa shape index (κ1) is 21.7. The van der Waals surface area contributed by atoms with E-state index < -0.39 is 0 Å². The van der Waals surface area contributed by atoms with Crippen LogP contribution >= 0.6 is 0 Å². The first-order chi connectivity index (χ1) is 16.5. The highest BCUT2D eigenvalue weighted by molar-refractivity contribution is 5.84. The minimum Gasteiger partial charge on any atom is -0.363 e. The summed E-state index contributed by atoms with van der Waals surface area (Å²) in [5.41, 5.74) is 3.22. The highest BCUT2D eigenvalue weighted by Gasteiger charge is 2.46. The SMILES string of the molecule is CC(c1ccc(-c2ccc3cccnc3c2)cc1F)N1CCC2(CC1)CN(C1CC1)C(=O)CO2. The third-order valence-corrected chi connectivity index (χ3v) is 7.92. The maximum Gasteiger partial charge on any atom is 0.248 e. The smallest absolute Gasteiger partial charge is 0.248 e. The summed E-state index contributed by atoms with van der Waals surface area (Å²) in [6.45, 7) is 4.67. The summed E-state index contributed by atoms with van der Waals surface area (Å²) < 4.78 is 21.4. The lowest BCUT2D eigenvalue weighted by atomic mass is 9.87. The summed E-state index contributed by atoms with van der Waals surface area (Å²) >= 11 is 0. The number of hydrogen-bond donors (Lipinski definition) is 0. The maximum absolute atomic E-state index is 15.3. The van der Waals surface area contributed by atoms with Gasteiger partial charge in [-0.3, -0.25) is 14.7 Å². The molecule has 1 spiro atoms. The van der Waals surface area contributed by atoms with E-state index in [1.807, 2.05) is 47.4 Å². The van der Waals surface area contributed by atoms with Gasteiger partial charge >= 0.3 is 0 Å². The van der Waals surface area contributed by atoms with Crippen molar-refractivity contribution < 1.29 is 13.9 Å². The lowest BCUT2D eigenvalue weighted by Crippen LogP contribution is -2.59. The van der Waals surface area contributed by atoms with Gasteiger partial charge in [-0.05, 0) is 61.9 Å². The number of pyridine rings is 1. The van der Waals surface area contributed by atoms with Crippen molar-refractivity contribution >= 4 is 16.8 Å². The van der Waals surface area contributed by atoms with Gasteiger partial charge in [-0.25, -0.2) is 4.39 Å². The highest BCUT2D eigenvalue weighted by Crippen LogP contribution is 2.38. The molecule has 1 amide bonds. The van der Waals surface area contributed by atoms with Crippen molar-refractivity contribution in [3.8, 4) is 11.1 Å². The fourth-order valence-electron chi connectivity index (χ4n) is 5.57. The van der Waals surface area contributed by atoms with Crippen LogP contribution in [-0.4, -0.2) is 58.6 Å². The summed E-state index contributed by atoms with van der Waals surface area (Å²) in [7, 11) is 0. The number of carbonyl (C=O) groups is 1.